The monoisotopic (exact) mass is 401 g/mol. The normalized spacial score (nSPS) is 11.1. The molecule has 0 atom stereocenters. The molecule has 0 aliphatic carbocycles. The molecule has 0 saturated heterocycles. The molecule has 0 aliphatic heterocycles. The van der Waals surface area contributed by atoms with Crippen LogP contribution in [0.3, 0.4) is 0 Å². The van der Waals surface area contributed by atoms with E-state index in [-0.39, 0.29) is 6.42 Å². The molecule has 0 fully saturated rings. The number of rotatable bonds is 12. The molecule has 0 spiro atoms. The third kappa shape index (κ3) is 8.15. The number of carbonyl (C=O) groups is 1. The van der Waals surface area contributed by atoms with Crippen LogP contribution in [-0.4, -0.2) is 24.2 Å². The second kappa shape index (κ2) is 12.2. The molecule has 5 heteroatoms. The van der Waals surface area contributed by atoms with Gasteiger partial charge in [-0.3, -0.25) is 4.79 Å². The van der Waals surface area contributed by atoms with E-state index in [1.165, 1.54) is 18.4 Å². The Hall–Kier alpha value is -2.30. The summed E-state index contributed by atoms with van der Waals surface area (Å²) < 4.78 is 5.85. The van der Waals surface area contributed by atoms with Crippen LogP contribution in [-0.2, 0) is 17.8 Å². The fourth-order valence-corrected chi connectivity index (χ4v) is 2.88. The van der Waals surface area contributed by atoms with Crippen molar-refractivity contribution in [2.75, 3.05) is 13.1 Å². The minimum Gasteiger partial charge on any atom is -0.489 e. The number of halogens is 1. The average Bonchev–Trinajstić information content (AvgIpc) is 2.69. The lowest BCUT2D eigenvalue weighted by atomic mass is 10.1. The maximum Gasteiger partial charge on any atom is 0.304 e. The van der Waals surface area contributed by atoms with Gasteiger partial charge in [-0.25, -0.2) is 0 Å². The Balaban J connectivity index is 1.80. The van der Waals surface area contributed by atoms with E-state index in [0.29, 0.717) is 24.7 Å². The van der Waals surface area contributed by atoms with Crippen molar-refractivity contribution < 1.29 is 14.6 Å². The number of aryl methyl sites for hydroxylation is 1. The van der Waals surface area contributed by atoms with Crippen LogP contribution in [0.2, 0.25) is 5.02 Å². The van der Waals surface area contributed by atoms with Gasteiger partial charge in [-0.2, -0.15) is 0 Å². The van der Waals surface area contributed by atoms with Gasteiger partial charge >= 0.3 is 5.97 Å². The van der Waals surface area contributed by atoms with Crippen molar-refractivity contribution in [3.8, 4) is 5.75 Å². The van der Waals surface area contributed by atoms with Crippen LogP contribution < -0.4 is 10.1 Å². The number of ether oxygens (including phenoxy) is 1. The van der Waals surface area contributed by atoms with E-state index in [1.807, 2.05) is 30.4 Å². The van der Waals surface area contributed by atoms with Gasteiger partial charge in [0.1, 0.15) is 12.4 Å². The largest absolute Gasteiger partial charge is 0.489 e. The minimum atomic E-state index is -0.803. The Morgan fingerprint density at radius 1 is 1.18 bits per heavy atom. The van der Waals surface area contributed by atoms with E-state index in [4.69, 9.17) is 21.4 Å². The molecule has 0 aliphatic rings. The fraction of sp³-hybridized carbons (Fsp3) is 0.348. The van der Waals surface area contributed by atoms with Crippen molar-refractivity contribution in [3.05, 3.63) is 70.3 Å². The van der Waals surface area contributed by atoms with Crippen LogP contribution in [0.15, 0.2) is 48.5 Å². The predicted molar refractivity (Wildman–Crippen MR) is 115 cm³/mol. The van der Waals surface area contributed by atoms with Gasteiger partial charge in [0.25, 0.3) is 0 Å². The second-order valence-corrected chi connectivity index (χ2v) is 7.05. The van der Waals surface area contributed by atoms with Crippen molar-refractivity contribution in [1.82, 2.24) is 5.32 Å². The van der Waals surface area contributed by atoms with Gasteiger partial charge in [-0.1, -0.05) is 61.4 Å². The van der Waals surface area contributed by atoms with Gasteiger partial charge in [-0.15, -0.1) is 0 Å². The molecule has 0 heterocycles. The van der Waals surface area contributed by atoms with Gasteiger partial charge in [0, 0.05) is 13.1 Å². The highest BCUT2D eigenvalue weighted by molar-refractivity contribution is 6.32. The van der Waals surface area contributed by atoms with E-state index >= 15 is 0 Å². The summed E-state index contributed by atoms with van der Waals surface area (Å²) in [5, 5.41) is 12.2. The van der Waals surface area contributed by atoms with E-state index in [2.05, 4.69) is 36.5 Å². The Morgan fingerprint density at radius 3 is 2.61 bits per heavy atom. The molecular formula is C23H28ClNO3. The molecule has 0 bridgehead atoms. The predicted octanol–water partition coefficient (Wildman–Crippen LogP) is 5.34. The first kappa shape index (κ1) is 22.0. The van der Waals surface area contributed by atoms with E-state index in [1.54, 1.807) is 0 Å². The quantitative estimate of drug-likeness (QED) is 0.471. The molecule has 2 rings (SSSR count). The zero-order chi connectivity index (χ0) is 20.2. The van der Waals surface area contributed by atoms with Crippen LogP contribution in [0.5, 0.6) is 5.75 Å². The fourth-order valence-electron chi connectivity index (χ4n) is 2.65. The van der Waals surface area contributed by atoms with Crippen LogP contribution in [0, 0.1) is 0 Å². The maximum atomic E-state index is 10.4. The Morgan fingerprint density at radius 2 is 1.93 bits per heavy atom. The molecule has 4 nitrogen and oxygen atoms in total. The summed E-state index contributed by atoms with van der Waals surface area (Å²) in [7, 11) is 0. The third-order valence-electron chi connectivity index (χ3n) is 4.29. The standard InChI is InChI=1S/C23H28ClNO3/c1-2-3-5-18-7-9-19(10-8-18)17-28-21-12-11-20(22(24)16-21)6-4-14-25-15-13-23(26)27/h4,6-12,16,25H,2-3,5,13-15,17H2,1H3,(H,26,27)/b6-4+. The first-order valence-corrected chi connectivity index (χ1v) is 10.1. The first-order chi connectivity index (χ1) is 13.6. The van der Waals surface area contributed by atoms with Gasteiger partial charge < -0.3 is 15.2 Å². The zero-order valence-electron chi connectivity index (χ0n) is 16.3. The number of aliphatic carboxylic acids is 1. The Labute approximate surface area is 172 Å². The van der Waals surface area contributed by atoms with Crippen molar-refractivity contribution in [2.24, 2.45) is 0 Å². The number of hydrogen-bond acceptors (Lipinski definition) is 3. The highest BCUT2D eigenvalue weighted by atomic mass is 35.5. The number of unbranched alkanes of at least 4 members (excludes halogenated alkanes) is 1. The minimum absolute atomic E-state index is 0.113. The highest BCUT2D eigenvalue weighted by Gasteiger charge is 2.02. The van der Waals surface area contributed by atoms with Crippen LogP contribution in [0.25, 0.3) is 6.08 Å². The van der Waals surface area contributed by atoms with Crippen molar-refractivity contribution in [1.29, 1.82) is 0 Å². The van der Waals surface area contributed by atoms with Gasteiger partial charge in [0.05, 0.1) is 11.4 Å². The first-order valence-electron chi connectivity index (χ1n) is 9.67. The lowest BCUT2D eigenvalue weighted by molar-refractivity contribution is -0.136. The molecule has 0 amide bonds. The molecule has 150 valence electrons. The Bertz CT molecular complexity index is 772. The number of hydrogen-bond donors (Lipinski definition) is 2. The molecule has 2 N–H and O–H groups in total. The summed E-state index contributed by atoms with van der Waals surface area (Å²) in [4.78, 5) is 10.4. The number of nitrogens with one attached hydrogen (secondary N) is 1. The van der Waals surface area contributed by atoms with Crippen molar-refractivity contribution in [2.45, 2.75) is 39.2 Å². The van der Waals surface area contributed by atoms with Gasteiger partial charge in [0.15, 0.2) is 0 Å². The summed E-state index contributed by atoms with van der Waals surface area (Å²) >= 11 is 6.33. The molecule has 28 heavy (non-hydrogen) atoms. The summed E-state index contributed by atoms with van der Waals surface area (Å²) in [6.45, 7) is 3.75. The molecule has 0 saturated carbocycles. The lowest BCUT2D eigenvalue weighted by Crippen LogP contribution is -2.17. The highest BCUT2D eigenvalue weighted by Crippen LogP contribution is 2.24. The van der Waals surface area contributed by atoms with Gasteiger partial charge in [-0.05, 0) is 47.7 Å². The maximum absolute atomic E-state index is 10.4. The van der Waals surface area contributed by atoms with Gasteiger partial charge in [0.2, 0.25) is 0 Å². The topological polar surface area (TPSA) is 58.6 Å². The molecule has 2 aromatic rings. The van der Waals surface area contributed by atoms with Crippen LogP contribution in [0.1, 0.15) is 42.9 Å². The average molecular weight is 402 g/mol. The molecule has 0 aromatic heterocycles. The van der Waals surface area contributed by atoms with Crippen molar-refractivity contribution >= 4 is 23.6 Å². The van der Waals surface area contributed by atoms with E-state index in [9.17, 15) is 4.79 Å². The summed E-state index contributed by atoms with van der Waals surface area (Å²) in [5.74, 6) is -0.0701. The summed E-state index contributed by atoms with van der Waals surface area (Å²) in [6.07, 6.45) is 7.49. The molecule has 2 aromatic carbocycles. The summed E-state index contributed by atoms with van der Waals surface area (Å²) in [5.41, 5.74) is 3.39. The Kier molecular flexibility index (Phi) is 9.60. The van der Waals surface area contributed by atoms with Crippen molar-refractivity contribution in [3.63, 3.8) is 0 Å². The molecular weight excluding hydrogens is 374 g/mol. The summed E-state index contributed by atoms with van der Waals surface area (Å²) in [6, 6.07) is 14.2. The van der Waals surface area contributed by atoms with E-state index < -0.39 is 5.97 Å². The smallest absolute Gasteiger partial charge is 0.304 e. The second-order valence-electron chi connectivity index (χ2n) is 6.64. The lowest BCUT2D eigenvalue weighted by Gasteiger charge is -2.09. The van der Waals surface area contributed by atoms with E-state index in [0.717, 1.165) is 23.3 Å². The number of benzene rings is 2. The SMILES string of the molecule is CCCCc1ccc(COc2ccc(/C=C/CNCCC(=O)O)c(Cl)c2)cc1. The number of carboxylic acid groups (broad SMARTS) is 1. The molecule has 0 unspecified atom stereocenters. The van der Waals surface area contributed by atoms with Crippen LogP contribution >= 0.6 is 11.6 Å². The number of carboxylic acids is 1. The van der Waals surface area contributed by atoms with Crippen LogP contribution in [0.4, 0.5) is 0 Å². The zero-order valence-corrected chi connectivity index (χ0v) is 17.0. The molecule has 0 radical (unpaired) electrons. The third-order valence-corrected chi connectivity index (χ3v) is 4.62.